The third kappa shape index (κ3) is 3.08. The van der Waals surface area contributed by atoms with Crippen LogP contribution in [0.1, 0.15) is 11.1 Å². The van der Waals surface area contributed by atoms with Crippen molar-refractivity contribution in [1.82, 2.24) is 0 Å². The lowest BCUT2D eigenvalue weighted by Crippen LogP contribution is -2.14. The van der Waals surface area contributed by atoms with E-state index < -0.39 is 0 Å². The van der Waals surface area contributed by atoms with E-state index in [1.54, 1.807) is 0 Å². The van der Waals surface area contributed by atoms with E-state index in [1.165, 1.54) is 5.56 Å². The molecule has 78 valence electrons. The molecule has 2 N–H and O–H groups in total. The van der Waals surface area contributed by atoms with Crippen LogP contribution in [0, 0.1) is 12.8 Å². The molecular formula is C11H15BrO2. The van der Waals surface area contributed by atoms with Crippen LogP contribution in [0.2, 0.25) is 0 Å². The Morgan fingerprint density at radius 2 is 1.93 bits per heavy atom. The molecule has 2 nitrogen and oxygen atoms in total. The van der Waals surface area contributed by atoms with Gasteiger partial charge in [-0.25, -0.2) is 0 Å². The van der Waals surface area contributed by atoms with Crippen molar-refractivity contribution < 1.29 is 10.2 Å². The Morgan fingerprint density at radius 1 is 1.29 bits per heavy atom. The van der Waals surface area contributed by atoms with Gasteiger partial charge in [-0.1, -0.05) is 28.1 Å². The maximum absolute atomic E-state index is 8.96. The van der Waals surface area contributed by atoms with Crippen molar-refractivity contribution in [1.29, 1.82) is 0 Å². The summed E-state index contributed by atoms with van der Waals surface area (Å²) in [5.74, 6) is -0.0611. The van der Waals surface area contributed by atoms with Gasteiger partial charge in [-0.15, -0.1) is 0 Å². The Hall–Kier alpha value is -0.380. The molecule has 0 heterocycles. The fraction of sp³-hybridized carbons (Fsp3) is 0.455. The highest BCUT2D eigenvalue weighted by Gasteiger charge is 2.09. The van der Waals surface area contributed by atoms with Crippen LogP contribution in [0.25, 0.3) is 0 Å². The van der Waals surface area contributed by atoms with E-state index >= 15 is 0 Å². The fourth-order valence-corrected chi connectivity index (χ4v) is 1.97. The summed E-state index contributed by atoms with van der Waals surface area (Å²) in [6.45, 7) is 2.08. The molecule has 0 bridgehead atoms. The third-order valence-corrected chi connectivity index (χ3v) is 2.97. The molecule has 0 amide bonds. The van der Waals surface area contributed by atoms with Crippen LogP contribution in [0.3, 0.4) is 0 Å². The number of aliphatic hydroxyl groups excluding tert-OH is 2. The minimum atomic E-state index is -0.0611. The van der Waals surface area contributed by atoms with Crippen LogP contribution in [-0.4, -0.2) is 23.4 Å². The molecule has 0 aliphatic rings. The second-order valence-electron chi connectivity index (χ2n) is 3.53. The molecule has 3 heteroatoms. The monoisotopic (exact) mass is 258 g/mol. The highest BCUT2D eigenvalue weighted by molar-refractivity contribution is 9.10. The van der Waals surface area contributed by atoms with Crippen molar-refractivity contribution in [2.45, 2.75) is 13.3 Å². The van der Waals surface area contributed by atoms with Crippen molar-refractivity contribution in [3.8, 4) is 0 Å². The molecule has 0 fully saturated rings. The molecule has 1 aromatic rings. The lowest BCUT2D eigenvalue weighted by Gasteiger charge is -2.12. The topological polar surface area (TPSA) is 40.5 Å². The van der Waals surface area contributed by atoms with Gasteiger partial charge in [0.15, 0.2) is 0 Å². The number of hydrogen-bond acceptors (Lipinski definition) is 2. The molecule has 0 saturated heterocycles. The summed E-state index contributed by atoms with van der Waals surface area (Å²) in [5.41, 5.74) is 2.33. The van der Waals surface area contributed by atoms with Crippen LogP contribution in [0.15, 0.2) is 22.7 Å². The molecule has 1 aromatic carbocycles. The van der Waals surface area contributed by atoms with E-state index in [2.05, 4.69) is 15.9 Å². The molecule has 0 radical (unpaired) electrons. The van der Waals surface area contributed by atoms with E-state index in [9.17, 15) is 0 Å². The second-order valence-corrected chi connectivity index (χ2v) is 4.38. The number of rotatable bonds is 4. The van der Waals surface area contributed by atoms with Gasteiger partial charge in [0.25, 0.3) is 0 Å². The zero-order valence-corrected chi connectivity index (χ0v) is 9.79. The number of hydrogen-bond donors (Lipinski definition) is 2. The van der Waals surface area contributed by atoms with Crippen LogP contribution >= 0.6 is 15.9 Å². The highest BCUT2D eigenvalue weighted by atomic mass is 79.9. The van der Waals surface area contributed by atoms with Crippen LogP contribution in [0.4, 0.5) is 0 Å². The Morgan fingerprint density at radius 3 is 2.43 bits per heavy atom. The largest absolute Gasteiger partial charge is 0.396 e. The summed E-state index contributed by atoms with van der Waals surface area (Å²) >= 11 is 3.47. The molecule has 0 aromatic heterocycles. The highest BCUT2D eigenvalue weighted by Crippen LogP contribution is 2.21. The normalized spacial score (nSPS) is 10.9. The van der Waals surface area contributed by atoms with Crippen molar-refractivity contribution in [2.75, 3.05) is 13.2 Å². The quantitative estimate of drug-likeness (QED) is 0.867. The van der Waals surface area contributed by atoms with Gasteiger partial charge in [-0.05, 0) is 30.5 Å². The minimum Gasteiger partial charge on any atom is -0.396 e. The van der Waals surface area contributed by atoms with E-state index in [0.717, 1.165) is 10.0 Å². The third-order valence-electron chi connectivity index (χ3n) is 2.23. The first kappa shape index (κ1) is 11.7. The smallest absolute Gasteiger partial charge is 0.0484 e. The maximum Gasteiger partial charge on any atom is 0.0484 e. The average molecular weight is 259 g/mol. The van der Waals surface area contributed by atoms with Crippen molar-refractivity contribution in [2.24, 2.45) is 5.92 Å². The van der Waals surface area contributed by atoms with E-state index in [4.69, 9.17) is 10.2 Å². The molecule has 0 aliphatic heterocycles. The molecule has 0 saturated carbocycles. The lowest BCUT2D eigenvalue weighted by atomic mass is 10.0. The lowest BCUT2D eigenvalue weighted by molar-refractivity contribution is 0.150. The Kier molecular flexibility index (Phi) is 4.58. The molecular weight excluding hydrogens is 244 g/mol. The first-order valence-electron chi connectivity index (χ1n) is 4.64. The number of aryl methyl sites for hydroxylation is 1. The standard InChI is InChI=1S/C11H15BrO2/c1-8-2-3-10(11(12)4-8)5-9(6-13)7-14/h2-4,9,13-14H,5-7H2,1H3. The maximum atomic E-state index is 8.96. The first-order valence-corrected chi connectivity index (χ1v) is 5.43. The van der Waals surface area contributed by atoms with E-state index in [-0.39, 0.29) is 19.1 Å². The van der Waals surface area contributed by atoms with Crippen molar-refractivity contribution in [3.05, 3.63) is 33.8 Å². The Balaban J connectivity index is 2.76. The average Bonchev–Trinajstić information content (AvgIpc) is 2.17. The van der Waals surface area contributed by atoms with Gasteiger partial charge in [-0.3, -0.25) is 0 Å². The molecule has 0 aliphatic carbocycles. The molecule has 0 unspecified atom stereocenters. The summed E-state index contributed by atoms with van der Waals surface area (Å²) in [5, 5.41) is 17.9. The van der Waals surface area contributed by atoms with Crippen LogP contribution < -0.4 is 0 Å². The number of halogens is 1. The van der Waals surface area contributed by atoms with E-state index in [0.29, 0.717) is 6.42 Å². The summed E-state index contributed by atoms with van der Waals surface area (Å²) in [6, 6.07) is 6.10. The summed E-state index contributed by atoms with van der Waals surface area (Å²) in [6.07, 6.45) is 0.702. The van der Waals surface area contributed by atoms with Gasteiger partial charge < -0.3 is 10.2 Å². The summed E-state index contributed by atoms with van der Waals surface area (Å²) in [4.78, 5) is 0. The van der Waals surface area contributed by atoms with Gasteiger partial charge in [0.05, 0.1) is 0 Å². The molecule has 0 spiro atoms. The summed E-state index contributed by atoms with van der Waals surface area (Å²) < 4.78 is 1.05. The van der Waals surface area contributed by atoms with Gasteiger partial charge in [-0.2, -0.15) is 0 Å². The van der Waals surface area contributed by atoms with Crippen LogP contribution in [0.5, 0.6) is 0 Å². The van der Waals surface area contributed by atoms with Gasteiger partial charge in [0.2, 0.25) is 0 Å². The zero-order chi connectivity index (χ0) is 10.6. The predicted molar refractivity (Wildman–Crippen MR) is 60.2 cm³/mol. The van der Waals surface area contributed by atoms with Crippen LogP contribution in [-0.2, 0) is 6.42 Å². The van der Waals surface area contributed by atoms with Gasteiger partial charge >= 0.3 is 0 Å². The van der Waals surface area contributed by atoms with Gasteiger partial charge in [0, 0.05) is 23.6 Å². The minimum absolute atomic E-state index is 0.0246. The van der Waals surface area contributed by atoms with Crippen molar-refractivity contribution >= 4 is 15.9 Å². The molecule has 0 atom stereocenters. The Bertz CT molecular complexity index is 295. The first-order chi connectivity index (χ1) is 6.67. The predicted octanol–water partition coefficient (Wildman–Crippen LogP) is 1.90. The molecule has 14 heavy (non-hydrogen) atoms. The summed E-state index contributed by atoms with van der Waals surface area (Å²) in [7, 11) is 0. The van der Waals surface area contributed by atoms with E-state index in [1.807, 2.05) is 25.1 Å². The fourth-order valence-electron chi connectivity index (χ4n) is 1.32. The SMILES string of the molecule is Cc1ccc(CC(CO)CO)c(Br)c1. The van der Waals surface area contributed by atoms with Crippen molar-refractivity contribution in [3.63, 3.8) is 0 Å². The second kappa shape index (κ2) is 5.49. The molecule has 1 rings (SSSR count). The number of aliphatic hydroxyl groups is 2. The zero-order valence-electron chi connectivity index (χ0n) is 8.20. The number of benzene rings is 1. The van der Waals surface area contributed by atoms with Gasteiger partial charge in [0.1, 0.15) is 0 Å². The Labute approximate surface area is 92.7 Å².